The molecule has 2 heteroatoms. The van der Waals surface area contributed by atoms with Crippen molar-refractivity contribution in [2.24, 2.45) is 11.7 Å². The van der Waals surface area contributed by atoms with Gasteiger partial charge in [-0.1, -0.05) is 17.7 Å². The first-order valence-electron chi connectivity index (χ1n) is 5.75. The molecule has 0 bridgehead atoms. The quantitative estimate of drug-likeness (QED) is 0.776. The number of hydrogen-bond donors (Lipinski definition) is 1. The molecular weight excluding hydrogens is 206 g/mol. The molecule has 2 N–H and O–H groups in total. The van der Waals surface area contributed by atoms with Crippen molar-refractivity contribution in [1.82, 2.24) is 0 Å². The van der Waals surface area contributed by atoms with Gasteiger partial charge in [0, 0.05) is 10.4 Å². The molecule has 0 heterocycles. The van der Waals surface area contributed by atoms with Gasteiger partial charge in [0.2, 0.25) is 0 Å². The van der Waals surface area contributed by atoms with E-state index in [9.17, 15) is 0 Å². The fourth-order valence-electron chi connectivity index (χ4n) is 3.28. The number of benzene rings is 1. The molecule has 0 radical (unpaired) electrons. The third-order valence-electron chi connectivity index (χ3n) is 4.19. The molecule has 0 aliphatic heterocycles. The SMILES string of the molecule is NCC1CC12CCCc1ccc(Cl)cc12. The van der Waals surface area contributed by atoms with Gasteiger partial charge in [-0.3, -0.25) is 0 Å². The summed E-state index contributed by atoms with van der Waals surface area (Å²) in [5, 5.41) is 0.873. The summed E-state index contributed by atoms with van der Waals surface area (Å²) in [5.41, 5.74) is 9.21. The van der Waals surface area contributed by atoms with Crippen molar-refractivity contribution in [3.05, 3.63) is 34.3 Å². The van der Waals surface area contributed by atoms with Crippen molar-refractivity contribution in [1.29, 1.82) is 0 Å². The molecule has 15 heavy (non-hydrogen) atoms. The molecule has 1 fully saturated rings. The van der Waals surface area contributed by atoms with E-state index in [0.29, 0.717) is 11.3 Å². The van der Waals surface area contributed by atoms with E-state index < -0.39 is 0 Å². The normalized spacial score (nSPS) is 32.8. The van der Waals surface area contributed by atoms with Crippen LogP contribution in [0.3, 0.4) is 0 Å². The van der Waals surface area contributed by atoms with Crippen LogP contribution in [-0.4, -0.2) is 6.54 Å². The van der Waals surface area contributed by atoms with Crippen molar-refractivity contribution >= 4 is 11.6 Å². The van der Waals surface area contributed by atoms with Crippen molar-refractivity contribution in [3.8, 4) is 0 Å². The molecule has 1 aromatic carbocycles. The van der Waals surface area contributed by atoms with Crippen LogP contribution in [0.4, 0.5) is 0 Å². The van der Waals surface area contributed by atoms with E-state index in [2.05, 4.69) is 12.1 Å². The highest BCUT2D eigenvalue weighted by Gasteiger charge is 2.55. The van der Waals surface area contributed by atoms with Gasteiger partial charge in [0.05, 0.1) is 0 Å². The summed E-state index contributed by atoms with van der Waals surface area (Å²) in [6.45, 7) is 0.825. The molecule has 0 aromatic heterocycles. The Balaban J connectivity index is 2.07. The summed E-state index contributed by atoms with van der Waals surface area (Å²) in [4.78, 5) is 0. The second-order valence-electron chi connectivity index (χ2n) is 4.95. The fourth-order valence-corrected chi connectivity index (χ4v) is 3.46. The third kappa shape index (κ3) is 1.33. The Morgan fingerprint density at radius 3 is 3.07 bits per heavy atom. The first-order valence-corrected chi connectivity index (χ1v) is 6.13. The minimum absolute atomic E-state index is 0.410. The maximum absolute atomic E-state index is 6.09. The Hall–Kier alpha value is -0.530. The molecule has 80 valence electrons. The van der Waals surface area contributed by atoms with Crippen molar-refractivity contribution in [2.45, 2.75) is 31.1 Å². The molecule has 1 saturated carbocycles. The molecule has 0 amide bonds. The highest BCUT2D eigenvalue weighted by atomic mass is 35.5. The molecular formula is C13H16ClN. The Labute approximate surface area is 95.6 Å². The van der Waals surface area contributed by atoms with Gasteiger partial charge in [-0.25, -0.2) is 0 Å². The number of rotatable bonds is 1. The lowest BCUT2D eigenvalue weighted by Crippen LogP contribution is -2.21. The number of fused-ring (bicyclic) bond motifs is 2. The highest BCUT2D eigenvalue weighted by molar-refractivity contribution is 6.30. The van der Waals surface area contributed by atoms with E-state index >= 15 is 0 Å². The fraction of sp³-hybridized carbons (Fsp3) is 0.538. The van der Waals surface area contributed by atoms with Crippen LogP contribution in [-0.2, 0) is 11.8 Å². The minimum Gasteiger partial charge on any atom is -0.330 e. The number of hydrogen-bond acceptors (Lipinski definition) is 1. The predicted octanol–water partition coefficient (Wildman–Crippen LogP) is 2.89. The number of aryl methyl sites for hydroxylation is 1. The largest absolute Gasteiger partial charge is 0.330 e. The van der Waals surface area contributed by atoms with E-state index in [1.54, 1.807) is 0 Å². The zero-order valence-corrected chi connectivity index (χ0v) is 9.56. The first-order chi connectivity index (χ1) is 7.26. The summed E-state index contributed by atoms with van der Waals surface area (Å²) in [6, 6.07) is 6.38. The average molecular weight is 222 g/mol. The van der Waals surface area contributed by atoms with Gasteiger partial charge < -0.3 is 5.73 Å². The molecule has 1 aromatic rings. The number of halogens is 1. The minimum atomic E-state index is 0.410. The lowest BCUT2D eigenvalue weighted by molar-refractivity contribution is 0.499. The van der Waals surface area contributed by atoms with Gasteiger partial charge in [-0.2, -0.15) is 0 Å². The Kier molecular flexibility index (Phi) is 2.08. The second kappa shape index (κ2) is 3.23. The summed E-state index contributed by atoms with van der Waals surface area (Å²) < 4.78 is 0. The summed E-state index contributed by atoms with van der Waals surface area (Å²) in [6.07, 6.45) is 5.11. The van der Waals surface area contributed by atoms with Gasteiger partial charge in [0.25, 0.3) is 0 Å². The van der Waals surface area contributed by atoms with Gasteiger partial charge in [-0.05, 0) is 61.4 Å². The maximum Gasteiger partial charge on any atom is 0.0409 e. The van der Waals surface area contributed by atoms with Gasteiger partial charge in [0.15, 0.2) is 0 Å². The molecule has 3 rings (SSSR count). The maximum atomic E-state index is 6.09. The number of nitrogens with two attached hydrogens (primary N) is 1. The van der Waals surface area contributed by atoms with E-state index in [1.807, 2.05) is 6.07 Å². The topological polar surface area (TPSA) is 26.0 Å². The van der Waals surface area contributed by atoms with Crippen LogP contribution >= 0.6 is 11.6 Å². The van der Waals surface area contributed by atoms with Crippen molar-refractivity contribution in [2.75, 3.05) is 6.54 Å². The lowest BCUT2D eigenvalue weighted by Gasteiger charge is -2.26. The van der Waals surface area contributed by atoms with E-state index in [0.717, 1.165) is 11.6 Å². The van der Waals surface area contributed by atoms with Crippen LogP contribution in [0.1, 0.15) is 30.4 Å². The first kappa shape index (κ1) is 9.68. The Morgan fingerprint density at radius 2 is 2.33 bits per heavy atom. The van der Waals surface area contributed by atoms with E-state index in [1.165, 1.54) is 36.8 Å². The average Bonchev–Trinajstić information content (AvgIpc) is 2.94. The Morgan fingerprint density at radius 1 is 1.47 bits per heavy atom. The molecule has 2 unspecified atom stereocenters. The van der Waals surface area contributed by atoms with E-state index in [-0.39, 0.29) is 0 Å². The van der Waals surface area contributed by atoms with Gasteiger partial charge >= 0.3 is 0 Å². The van der Waals surface area contributed by atoms with Crippen molar-refractivity contribution < 1.29 is 0 Å². The molecule has 1 spiro atoms. The molecule has 0 saturated heterocycles. The molecule has 2 aliphatic rings. The van der Waals surface area contributed by atoms with Gasteiger partial charge in [0.1, 0.15) is 0 Å². The summed E-state index contributed by atoms with van der Waals surface area (Å²) >= 11 is 6.09. The Bertz CT molecular complexity index is 402. The molecule has 2 atom stereocenters. The summed E-state index contributed by atoms with van der Waals surface area (Å²) in [7, 11) is 0. The summed E-state index contributed by atoms with van der Waals surface area (Å²) in [5.74, 6) is 0.704. The van der Waals surface area contributed by atoms with Crippen molar-refractivity contribution in [3.63, 3.8) is 0 Å². The van der Waals surface area contributed by atoms with Crippen LogP contribution in [0.2, 0.25) is 5.02 Å². The predicted molar refractivity (Wildman–Crippen MR) is 63.2 cm³/mol. The lowest BCUT2D eigenvalue weighted by atomic mass is 9.78. The van der Waals surface area contributed by atoms with Crippen LogP contribution in [0, 0.1) is 5.92 Å². The third-order valence-corrected chi connectivity index (χ3v) is 4.43. The van der Waals surface area contributed by atoms with E-state index in [4.69, 9.17) is 17.3 Å². The van der Waals surface area contributed by atoms with Crippen LogP contribution in [0.25, 0.3) is 0 Å². The molecule has 1 nitrogen and oxygen atoms in total. The highest BCUT2D eigenvalue weighted by Crippen LogP contribution is 2.60. The standard InChI is InChI=1S/C13H16ClN/c14-11-4-3-9-2-1-5-13(12(9)6-11)7-10(13)8-15/h3-4,6,10H,1-2,5,7-8,15H2. The van der Waals surface area contributed by atoms with Crippen LogP contribution in [0.15, 0.2) is 18.2 Å². The molecule has 2 aliphatic carbocycles. The zero-order valence-electron chi connectivity index (χ0n) is 8.80. The smallest absolute Gasteiger partial charge is 0.0409 e. The second-order valence-corrected chi connectivity index (χ2v) is 5.38. The monoisotopic (exact) mass is 221 g/mol. The zero-order chi connectivity index (χ0) is 10.5. The van der Waals surface area contributed by atoms with Crippen LogP contribution in [0.5, 0.6) is 0 Å². The van der Waals surface area contributed by atoms with Crippen LogP contribution < -0.4 is 5.73 Å². The van der Waals surface area contributed by atoms with Gasteiger partial charge in [-0.15, -0.1) is 0 Å².